The molecule has 2 N–H and O–H groups in total. The van der Waals surface area contributed by atoms with E-state index in [0.717, 1.165) is 67.4 Å². The summed E-state index contributed by atoms with van der Waals surface area (Å²) in [7, 11) is 0. The van der Waals surface area contributed by atoms with Gasteiger partial charge < -0.3 is 9.97 Å². The molecule has 184 valence electrons. The van der Waals surface area contributed by atoms with Crippen LogP contribution in [0.25, 0.3) is 75.7 Å². The van der Waals surface area contributed by atoms with Crippen molar-refractivity contribution in [2.45, 2.75) is 33.1 Å². The number of benzene rings is 4. The Morgan fingerprint density at radius 1 is 0.763 bits per heavy atom. The predicted octanol–water partition coefficient (Wildman–Crippen LogP) is 8.26. The molecular formula is C31H24N6S. The van der Waals surface area contributed by atoms with Gasteiger partial charge in [0.25, 0.3) is 0 Å². The van der Waals surface area contributed by atoms with Crippen LogP contribution in [0.4, 0.5) is 0 Å². The van der Waals surface area contributed by atoms with Crippen LogP contribution in [0.1, 0.15) is 38.3 Å². The molecule has 38 heavy (non-hydrogen) atoms. The number of imidazole rings is 2. The Hall–Kier alpha value is -4.36. The number of thiophene rings is 1. The van der Waals surface area contributed by atoms with Crippen LogP contribution in [-0.2, 0) is 6.42 Å². The summed E-state index contributed by atoms with van der Waals surface area (Å²) >= 11 is 1.78. The molecule has 0 aliphatic heterocycles. The highest BCUT2D eigenvalue weighted by atomic mass is 32.1. The van der Waals surface area contributed by atoms with Crippen molar-refractivity contribution in [3.8, 4) is 11.1 Å². The van der Waals surface area contributed by atoms with E-state index in [1.807, 2.05) is 6.20 Å². The van der Waals surface area contributed by atoms with Crippen molar-refractivity contribution in [1.29, 1.82) is 0 Å². The molecule has 0 aliphatic rings. The quantitative estimate of drug-likeness (QED) is 0.233. The van der Waals surface area contributed by atoms with E-state index in [4.69, 9.17) is 9.97 Å². The number of nitrogens with one attached hydrogen (secondary N) is 2. The molecule has 0 atom stereocenters. The third kappa shape index (κ3) is 2.93. The van der Waals surface area contributed by atoms with Gasteiger partial charge in [0.05, 0.1) is 27.6 Å². The first kappa shape index (κ1) is 21.7. The molecule has 0 saturated carbocycles. The van der Waals surface area contributed by atoms with Crippen LogP contribution in [-0.4, -0.2) is 29.9 Å². The number of nitrogens with zero attached hydrogens (tertiary/aromatic N) is 4. The average molecular weight is 513 g/mol. The Kier molecular flexibility index (Phi) is 4.47. The number of aromatic amines is 2. The molecule has 0 saturated heterocycles. The van der Waals surface area contributed by atoms with Crippen molar-refractivity contribution in [2.24, 2.45) is 0 Å². The molecule has 0 bridgehead atoms. The summed E-state index contributed by atoms with van der Waals surface area (Å²) in [4.78, 5) is 26.0. The lowest BCUT2D eigenvalue weighted by Crippen LogP contribution is -1.88. The maximum Gasteiger partial charge on any atom is 0.116 e. The molecule has 4 aromatic carbocycles. The summed E-state index contributed by atoms with van der Waals surface area (Å²) in [5, 5.41) is 9.11. The van der Waals surface area contributed by atoms with Gasteiger partial charge in [0.1, 0.15) is 18.0 Å². The highest BCUT2D eigenvalue weighted by Crippen LogP contribution is 2.40. The van der Waals surface area contributed by atoms with Crippen molar-refractivity contribution in [3.63, 3.8) is 0 Å². The van der Waals surface area contributed by atoms with Gasteiger partial charge in [0.2, 0.25) is 0 Å². The minimum absolute atomic E-state index is 0.344. The molecule has 7 heteroatoms. The van der Waals surface area contributed by atoms with Crippen molar-refractivity contribution >= 4 is 75.9 Å². The van der Waals surface area contributed by atoms with Gasteiger partial charge in [-0.05, 0) is 40.1 Å². The number of rotatable bonds is 3. The molecule has 8 rings (SSSR count). The third-order valence-electron chi connectivity index (χ3n) is 7.66. The van der Waals surface area contributed by atoms with E-state index in [2.05, 4.69) is 88.6 Å². The molecule has 0 unspecified atom stereocenters. The highest BCUT2D eigenvalue weighted by molar-refractivity contribution is 7.18. The van der Waals surface area contributed by atoms with E-state index >= 15 is 0 Å². The van der Waals surface area contributed by atoms with Gasteiger partial charge in [-0.3, -0.25) is 0 Å². The van der Waals surface area contributed by atoms with Crippen LogP contribution in [0, 0.1) is 0 Å². The molecule has 0 radical (unpaired) electrons. The van der Waals surface area contributed by atoms with Gasteiger partial charge in [-0.25, -0.2) is 19.9 Å². The minimum Gasteiger partial charge on any atom is -0.341 e. The van der Waals surface area contributed by atoms with Crippen LogP contribution in [0.2, 0.25) is 0 Å². The molecular weight excluding hydrogens is 488 g/mol. The molecule has 0 spiro atoms. The summed E-state index contributed by atoms with van der Waals surface area (Å²) in [6, 6.07) is 15.6. The predicted molar refractivity (Wildman–Crippen MR) is 158 cm³/mol. The Bertz CT molecular complexity index is 2220. The first-order valence-electron chi connectivity index (χ1n) is 13.0. The van der Waals surface area contributed by atoms with Gasteiger partial charge in [-0.2, -0.15) is 0 Å². The van der Waals surface area contributed by atoms with Gasteiger partial charge in [-0.15, -0.1) is 11.3 Å². The van der Waals surface area contributed by atoms with Crippen molar-refractivity contribution in [2.75, 3.05) is 0 Å². The molecule has 6 nitrogen and oxygen atoms in total. The lowest BCUT2D eigenvalue weighted by Gasteiger charge is -2.10. The largest absolute Gasteiger partial charge is 0.341 e. The van der Waals surface area contributed by atoms with E-state index in [1.165, 1.54) is 26.4 Å². The van der Waals surface area contributed by atoms with E-state index in [0.29, 0.717) is 5.92 Å². The third-order valence-corrected chi connectivity index (χ3v) is 8.61. The number of H-pyrrole nitrogens is 2. The van der Waals surface area contributed by atoms with Crippen molar-refractivity contribution in [3.05, 3.63) is 72.0 Å². The van der Waals surface area contributed by atoms with Crippen LogP contribution in [0.3, 0.4) is 0 Å². The molecule has 8 aromatic rings. The average Bonchev–Trinajstić information content (AvgIpc) is 3.71. The number of hydrogen-bond donors (Lipinski definition) is 2. The summed E-state index contributed by atoms with van der Waals surface area (Å²) in [5.74, 6) is 2.34. The second-order valence-corrected chi connectivity index (χ2v) is 11.1. The molecule has 0 amide bonds. The van der Waals surface area contributed by atoms with Gasteiger partial charge in [-0.1, -0.05) is 45.0 Å². The number of aryl methyl sites for hydroxylation is 1. The zero-order chi connectivity index (χ0) is 25.5. The normalized spacial score (nSPS) is 12.4. The van der Waals surface area contributed by atoms with Crippen molar-refractivity contribution < 1.29 is 0 Å². The van der Waals surface area contributed by atoms with E-state index in [1.54, 1.807) is 17.7 Å². The maximum absolute atomic E-state index is 4.97. The van der Waals surface area contributed by atoms with Crippen LogP contribution in [0.15, 0.2) is 60.4 Å². The molecule has 4 heterocycles. The van der Waals surface area contributed by atoms with E-state index in [9.17, 15) is 0 Å². The number of aromatic nitrogens is 6. The zero-order valence-electron chi connectivity index (χ0n) is 21.3. The van der Waals surface area contributed by atoms with Gasteiger partial charge in [0.15, 0.2) is 0 Å². The molecule has 0 aliphatic carbocycles. The second kappa shape index (κ2) is 7.82. The first-order chi connectivity index (χ1) is 18.6. The van der Waals surface area contributed by atoms with Crippen LogP contribution < -0.4 is 0 Å². The Balaban J connectivity index is 1.40. The fourth-order valence-corrected chi connectivity index (χ4v) is 6.65. The highest BCUT2D eigenvalue weighted by Gasteiger charge is 2.17. The Morgan fingerprint density at radius 3 is 2.37 bits per heavy atom. The lowest BCUT2D eigenvalue weighted by molar-refractivity contribution is 0.799. The monoisotopic (exact) mass is 512 g/mol. The standard InChI is InChI=1S/C31H24N6S/c1-4-24-34-27-18-7-5-16(11-21(18)23-13-32-14-33-25(23)29(27)35-24)17-6-8-19-22(12-17)30-20(9-10-38-30)28-26(19)36-31(37-28)15(2)3/h5-15H,4H2,1-3H3,(H,34,35)(H,36,37). The fourth-order valence-electron chi connectivity index (χ4n) is 5.72. The summed E-state index contributed by atoms with van der Waals surface area (Å²) in [6.07, 6.45) is 4.37. The van der Waals surface area contributed by atoms with Crippen molar-refractivity contribution in [1.82, 2.24) is 29.9 Å². The second-order valence-electron chi connectivity index (χ2n) is 10.2. The number of hydrogen-bond acceptors (Lipinski definition) is 5. The zero-order valence-corrected chi connectivity index (χ0v) is 22.1. The van der Waals surface area contributed by atoms with E-state index in [-0.39, 0.29) is 0 Å². The Morgan fingerprint density at radius 2 is 1.55 bits per heavy atom. The molecule has 0 fully saturated rings. The SMILES string of the molecule is CCc1nc2c3ccc(-c4ccc5c(c4)c4sccc4c4nc(C(C)C)[nH]c54)cc3c3cncnc3c2[nH]1. The van der Waals surface area contributed by atoms with Gasteiger partial charge in [0, 0.05) is 50.2 Å². The topological polar surface area (TPSA) is 83.1 Å². The lowest BCUT2D eigenvalue weighted by atomic mass is 9.96. The Labute approximate surface area is 221 Å². The molecule has 4 aromatic heterocycles. The fraction of sp³-hybridized carbons (Fsp3) is 0.161. The van der Waals surface area contributed by atoms with Crippen LogP contribution >= 0.6 is 11.3 Å². The smallest absolute Gasteiger partial charge is 0.116 e. The summed E-state index contributed by atoms with van der Waals surface area (Å²) in [6.45, 7) is 6.47. The number of fused-ring (bicyclic) bond motifs is 12. The maximum atomic E-state index is 4.97. The first-order valence-corrected chi connectivity index (χ1v) is 13.9. The van der Waals surface area contributed by atoms with Crippen LogP contribution in [0.5, 0.6) is 0 Å². The minimum atomic E-state index is 0.344. The summed E-state index contributed by atoms with van der Waals surface area (Å²) in [5.41, 5.74) is 7.39. The summed E-state index contributed by atoms with van der Waals surface area (Å²) < 4.78 is 1.28. The van der Waals surface area contributed by atoms with E-state index < -0.39 is 0 Å². The van der Waals surface area contributed by atoms with Gasteiger partial charge >= 0.3 is 0 Å².